The fourth-order valence-electron chi connectivity index (χ4n) is 1.79. The highest BCUT2D eigenvalue weighted by Gasteiger charge is 2.09. The number of halogens is 1. The third kappa shape index (κ3) is 5.19. The minimum atomic E-state index is -0.448. The zero-order valence-electron chi connectivity index (χ0n) is 10.1. The van der Waals surface area contributed by atoms with Crippen LogP contribution < -0.4 is 5.32 Å². The third-order valence-electron chi connectivity index (χ3n) is 2.39. The van der Waals surface area contributed by atoms with E-state index in [0.717, 1.165) is 38.4 Å². The Morgan fingerprint density at radius 1 is 1.44 bits per heavy atom. The maximum Gasteiger partial charge on any atom is 0.117 e. The van der Waals surface area contributed by atoms with E-state index in [0.29, 0.717) is 5.70 Å². The molecular weight excluding hydrogens is 205 g/mol. The van der Waals surface area contributed by atoms with Crippen molar-refractivity contribution < 1.29 is 4.39 Å². The molecule has 0 radical (unpaired) electrons. The molecule has 0 aromatic rings. The highest BCUT2D eigenvalue weighted by atomic mass is 19.1. The Morgan fingerprint density at radius 2 is 2.06 bits per heavy atom. The standard InChI is InChI=1S/C12H20FN3/c1-10(13)8-11(2)15-12(3)9-16-6-4-14-5-7-16/h8,14H,1,4-7,9H2,2-3H3/b11-8+,15-12+. The van der Waals surface area contributed by atoms with Crippen molar-refractivity contribution in [3.05, 3.63) is 24.2 Å². The van der Waals surface area contributed by atoms with Crippen LogP contribution in [0, 0.1) is 0 Å². The van der Waals surface area contributed by atoms with Crippen LogP contribution in [0.15, 0.2) is 29.2 Å². The minimum Gasteiger partial charge on any atom is -0.314 e. The summed E-state index contributed by atoms with van der Waals surface area (Å²) in [6.07, 6.45) is 1.35. The van der Waals surface area contributed by atoms with E-state index in [4.69, 9.17) is 0 Å². The highest BCUT2D eigenvalue weighted by Crippen LogP contribution is 2.03. The second kappa shape index (κ2) is 6.55. The van der Waals surface area contributed by atoms with Crippen molar-refractivity contribution in [1.82, 2.24) is 10.2 Å². The summed E-state index contributed by atoms with van der Waals surface area (Å²) in [6.45, 7) is 12.0. The van der Waals surface area contributed by atoms with E-state index in [1.807, 2.05) is 6.92 Å². The molecule has 90 valence electrons. The normalized spacial score (nSPS) is 19.9. The van der Waals surface area contributed by atoms with Crippen molar-refractivity contribution in [2.24, 2.45) is 4.99 Å². The van der Waals surface area contributed by atoms with Gasteiger partial charge >= 0.3 is 0 Å². The second-order valence-electron chi connectivity index (χ2n) is 4.11. The lowest BCUT2D eigenvalue weighted by atomic mass is 10.3. The molecule has 1 saturated heterocycles. The fourth-order valence-corrected chi connectivity index (χ4v) is 1.79. The van der Waals surface area contributed by atoms with Gasteiger partial charge in [0, 0.05) is 44.1 Å². The Kier molecular flexibility index (Phi) is 5.35. The van der Waals surface area contributed by atoms with Crippen molar-refractivity contribution in [2.75, 3.05) is 32.7 Å². The van der Waals surface area contributed by atoms with E-state index in [9.17, 15) is 4.39 Å². The molecule has 3 nitrogen and oxygen atoms in total. The van der Waals surface area contributed by atoms with Crippen molar-refractivity contribution in [3.8, 4) is 0 Å². The number of hydrogen-bond donors (Lipinski definition) is 1. The third-order valence-corrected chi connectivity index (χ3v) is 2.39. The lowest BCUT2D eigenvalue weighted by molar-refractivity contribution is 0.271. The topological polar surface area (TPSA) is 27.6 Å². The number of nitrogens with one attached hydrogen (secondary N) is 1. The minimum absolute atomic E-state index is 0.448. The molecule has 0 atom stereocenters. The Labute approximate surface area is 96.7 Å². The summed E-state index contributed by atoms with van der Waals surface area (Å²) >= 11 is 0. The number of rotatable bonds is 4. The van der Waals surface area contributed by atoms with Gasteiger partial charge in [0.2, 0.25) is 0 Å². The summed E-state index contributed by atoms with van der Waals surface area (Å²) in [5, 5.41) is 3.30. The molecule has 1 N–H and O–H groups in total. The van der Waals surface area contributed by atoms with Gasteiger partial charge in [0.15, 0.2) is 0 Å². The van der Waals surface area contributed by atoms with Crippen LogP contribution in [0.1, 0.15) is 13.8 Å². The zero-order chi connectivity index (χ0) is 12.0. The van der Waals surface area contributed by atoms with E-state index < -0.39 is 5.83 Å². The first-order valence-electron chi connectivity index (χ1n) is 5.58. The van der Waals surface area contributed by atoms with Crippen LogP contribution in [0.3, 0.4) is 0 Å². The monoisotopic (exact) mass is 225 g/mol. The second-order valence-corrected chi connectivity index (χ2v) is 4.11. The largest absolute Gasteiger partial charge is 0.314 e. The molecule has 0 saturated carbocycles. The molecule has 1 fully saturated rings. The molecule has 0 aromatic carbocycles. The number of hydrogen-bond acceptors (Lipinski definition) is 3. The van der Waals surface area contributed by atoms with Crippen LogP contribution in [0.2, 0.25) is 0 Å². The molecule has 1 aliphatic rings. The Balaban J connectivity index is 2.46. The van der Waals surface area contributed by atoms with Crippen molar-refractivity contribution in [1.29, 1.82) is 0 Å². The van der Waals surface area contributed by atoms with Crippen LogP contribution in [0.5, 0.6) is 0 Å². The van der Waals surface area contributed by atoms with Gasteiger partial charge in [-0.25, -0.2) is 4.39 Å². The summed E-state index contributed by atoms with van der Waals surface area (Å²) in [6, 6.07) is 0. The molecule has 0 spiro atoms. The van der Waals surface area contributed by atoms with Gasteiger partial charge in [-0.05, 0) is 19.9 Å². The quantitative estimate of drug-likeness (QED) is 0.583. The average molecular weight is 225 g/mol. The molecular formula is C12H20FN3. The lowest BCUT2D eigenvalue weighted by Gasteiger charge is -2.26. The fraction of sp³-hybridized carbons (Fsp3) is 0.583. The number of piperazine rings is 1. The van der Waals surface area contributed by atoms with Crippen LogP contribution >= 0.6 is 0 Å². The van der Waals surface area contributed by atoms with Gasteiger partial charge in [0.1, 0.15) is 5.83 Å². The summed E-state index contributed by atoms with van der Waals surface area (Å²) in [5.41, 5.74) is 1.68. The first-order chi connectivity index (χ1) is 7.58. The molecule has 1 rings (SSSR count). The van der Waals surface area contributed by atoms with Crippen molar-refractivity contribution >= 4 is 5.71 Å². The van der Waals surface area contributed by atoms with Gasteiger partial charge < -0.3 is 5.32 Å². The Morgan fingerprint density at radius 3 is 2.62 bits per heavy atom. The Hall–Kier alpha value is -1.00. The summed E-state index contributed by atoms with van der Waals surface area (Å²) < 4.78 is 12.5. The maximum atomic E-state index is 12.5. The predicted octanol–water partition coefficient (Wildman–Crippen LogP) is 1.74. The number of nitrogens with zero attached hydrogens (tertiary/aromatic N) is 2. The van der Waals surface area contributed by atoms with Crippen molar-refractivity contribution in [2.45, 2.75) is 13.8 Å². The summed E-state index contributed by atoms with van der Waals surface area (Å²) in [5.74, 6) is -0.448. The van der Waals surface area contributed by atoms with Gasteiger partial charge in [0.05, 0.1) is 0 Å². The first-order valence-corrected chi connectivity index (χ1v) is 5.58. The zero-order valence-corrected chi connectivity index (χ0v) is 10.1. The van der Waals surface area contributed by atoms with Crippen LogP contribution in [0.4, 0.5) is 4.39 Å². The predicted molar refractivity (Wildman–Crippen MR) is 66.4 cm³/mol. The number of allylic oxidation sites excluding steroid dienone is 3. The van der Waals surface area contributed by atoms with Gasteiger partial charge in [-0.3, -0.25) is 9.89 Å². The molecule has 0 aliphatic carbocycles. The molecule has 0 unspecified atom stereocenters. The van der Waals surface area contributed by atoms with E-state index in [1.54, 1.807) is 6.92 Å². The van der Waals surface area contributed by atoms with E-state index in [2.05, 4.69) is 21.8 Å². The van der Waals surface area contributed by atoms with Gasteiger partial charge in [-0.15, -0.1) is 0 Å². The van der Waals surface area contributed by atoms with Crippen LogP contribution in [-0.4, -0.2) is 43.3 Å². The average Bonchev–Trinajstić information content (AvgIpc) is 2.17. The summed E-state index contributed by atoms with van der Waals surface area (Å²) in [7, 11) is 0. The smallest absolute Gasteiger partial charge is 0.117 e. The van der Waals surface area contributed by atoms with Gasteiger partial charge in [0.25, 0.3) is 0 Å². The summed E-state index contributed by atoms with van der Waals surface area (Å²) in [4.78, 5) is 6.67. The lowest BCUT2D eigenvalue weighted by Crippen LogP contribution is -2.45. The molecule has 16 heavy (non-hydrogen) atoms. The highest BCUT2D eigenvalue weighted by molar-refractivity contribution is 5.84. The first kappa shape index (κ1) is 13.1. The number of aliphatic imine (C=N–C) groups is 1. The van der Waals surface area contributed by atoms with Crippen LogP contribution in [-0.2, 0) is 0 Å². The molecule has 1 aliphatic heterocycles. The van der Waals surface area contributed by atoms with Crippen LogP contribution in [0.25, 0.3) is 0 Å². The van der Waals surface area contributed by atoms with Crippen molar-refractivity contribution in [3.63, 3.8) is 0 Å². The van der Waals surface area contributed by atoms with Gasteiger partial charge in [-0.1, -0.05) is 6.58 Å². The Bertz CT molecular complexity index is 301. The molecule has 1 heterocycles. The van der Waals surface area contributed by atoms with Gasteiger partial charge in [-0.2, -0.15) is 0 Å². The molecule has 4 heteroatoms. The molecule has 0 amide bonds. The van der Waals surface area contributed by atoms with E-state index in [1.165, 1.54) is 6.08 Å². The maximum absolute atomic E-state index is 12.5. The molecule has 0 bridgehead atoms. The SMILES string of the molecule is C=C(F)/C=C(C)/N=C(\C)CN1CCNCC1. The van der Waals surface area contributed by atoms with E-state index in [-0.39, 0.29) is 0 Å². The van der Waals surface area contributed by atoms with E-state index >= 15 is 0 Å². The molecule has 0 aromatic heterocycles.